The molecule has 0 atom stereocenters. The highest BCUT2D eigenvalue weighted by atomic mass is 32.1. The van der Waals surface area contributed by atoms with Crippen LogP contribution >= 0.6 is 11.3 Å². The summed E-state index contributed by atoms with van der Waals surface area (Å²) in [5, 5.41) is 12.7. The Bertz CT molecular complexity index is 1580. The summed E-state index contributed by atoms with van der Waals surface area (Å²) in [6, 6.07) is 25.0. The lowest BCUT2D eigenvalue weighted by Crippen LogP contribution is -2.32. The highest BCUT2D eigenvalue weighted by Gasteiger charge is 2.18. The zero-order valence-corrected chi connectivity index (χ0v) is 19.8. The van der Waals surface area contributed by atoms with Gasteiger partial charge < -0.3 is 14.8 Å². The van der Waals surface area contributed by atoms with E-state index in [1.54, 1.807) is 73.8 Å². The third kappa shape index (κ3) is 5.00. The predicted molar refractivity (Wildman–Crippen MR) is 136 cm³/mol. The highest BCUT2D eigenvalue weighted by Crippen LogP contribution is 2.23. The molecule has 35 heavy (non-hydrogen) atoms. The molecule has 0 unspecified atom stereocenters. The average molecular weight is 484 g/mol. The minimum Gasteiger partial charge on any atom is -0.497 e. The van der Waals surface area contributed by atoms with Crippen molar-refractivity contribution in [2.45, 2.75) is 0 Å². The van der Waals surface area contributed by atoms with Crippen LogP contribution in [0.3, 0.4) is 0 Å². The molecule has 0 saturated heterocycles. The van der Waals surface area contributed by atoms with Gasteiger partial charge in [-0.05, 0) is 48.0 Å². The van der Waals surface area contributed by atoms with E-state index in [9.17, 15) is 14.9 Å². The van der Waals surface area contributed by atoms with E-state index in [1.165, 1.54) is 11.7 Å². The second-order valence-electron chi connectivity index (χ2n) is 7.31. The average Bonchev–Trinajstić information content (AvgIpc) is 3.21. The van der Waals surface area contributed by atoms with Crippen molar-refractivity contribution in [1.82, 2.24) is 4.57 Å². The van der Waals surface area contributed by atoms with Crippen molar-refractivity contribution < 1.29 is 14.3 Å². The van der Waals surface area contributed by atoms with Gasteiger partial charge in [0.15, 0.2) is 5.57 Å². The molecule has 0 spiro atoms. The number of carbonyl (C=O) groups excluding carboxylic acids is 1. The number of methoxy groups -OCH3 is 2. The minimum absolute atomic E-state index is 0.184. The zero-order chi connectivity index (χ0) is 24.8. The van der Waals surface area contributed by atoms with Crippen LogP contribution in [0.15, 0.2) is 83.7 Å². The van der Waals surface area contributed by atoms with Crippen LogP contribution in [0.1, 0.15) is 5.56 Å². The van der Waals surface area contributed by atoms with E-state index in [0.717, 1.165) is 16.9 Å². The van der Waals surface area contributed by atoms with Crippen LogP contribution in [0.2, 0.25) is 0 Å². The first-order valence-corrected chi connectivity index (χ1v) is 11.4. The second kappa shape index (κ2) is 10.5. The monoisotopic (exact) mass is 483 g/mol. The number of ether oxygens (including phenoxy) is 2. The second-order valence-corrected chi connectivity index (χ2v) is 8.34. The number of rotatable bonds is 6. The van der Waals surface area contributed by atoms with Crippen molar-refractivity contribution in [2.24, 2.45) is 0 Å². The van der Waals surface area contributed by atoms with Gasteiger partial charge in [0.05, 0.1) is 30.1 Å². The molecule has 0 aliphatic rings. The Labute approximate surface area is 205 Å². The summed E-state index contributed by atoms with van der Waals surface area (Å²) < 4.78 is 12.5. The molecular weight excluding hydrogens is 462 g/mol. The largest absolute Gasteiger partial charge is 0.497 e. The van der Waals surface area contributed by atoms with Crippen molar-refractivity contribution in [3.63, 3.8) is 0 Å². The lowest BCUT2D eigenvalue weighted by atomic mass is 10.2. The van der Waals surface area contributed by atoms with Gasteiger partial charge in [0.2, 0.25) is 0 Å². The zero-order valence-electron chi connectivity index (χ0n) is 19.0. The lowest BCUT2D eigenvalue weighted by molar-refractivity contribution is -0.111. The summed E-state index contributed by atoms with van der Waals surface area (Å²) in [5.41, 5.74) is 1.24. The Morgan fingerprint density at radius 1 is 0.971 bits per heavy atom. The van der Waals surface area contributed by atoms with E-state index in [4.69, 9.17) is 9.47 Å². The van der Waals surface area contributed by atoms with E-state index in [0.29, 0.717) is 27.4 Å². The summed E-state index contributed by atoms with van der Waals surface area (Å²) in [6.07, 6.45) is 1.72. The first kappa shape index (κ1) is 23.5. The standard InChI is InChI=1S/C27H21N3O4S/c1-33-20-14-12-18(13-15-20)16-24-26(32)30(19-8-4-3-5-9-19)27(35-24)21(17-28)25(31)29-22-10-6-7-11-23(22)34-2/h3-16H,1-2H3,(H,29,31)/b24-16+,27-21-. The Morgan fingerprint density at radius 2 is 1.66 bits per heavy atom. The molecule has 4 aromatic rings. The van der Waals surface area contributed by atoms with Crippen molar-refractivity contribution in [3.8, 4) is 23.3 Å². The third-order valence-electron chi connectivity index (χ3n) is 5.16. The topological polar surface area (TPSA) is 93.3 Å². The molecule has 1 aromatic heterocycles. The number of amides is 1. The molecule has 0 aliphatic carbocycles. The number of benzene rings is 3. The molecule has 1 amide bonds. The maximum Gasteiger partial charge on any atom is 0.273 e. The molecule has 174 valence electrons. The van der Waals surface area contributed by atoms with Gasteiger partial charge in [-0.3, -0.25) is 14.2 Å². The Kier molecular flexibility index (Phi) is 7.10. The van der Waals surface area contributed by atoms with Crippen LogP contribution in [0.4, 0.5) is 5.69 Å². The van der Waals surface area contributed by atoms with Crippen LogP contribution in [0.25, 0.3) is 17.3 Å². The number of nitrogens with zero attached hydrogens (tertiary/aromatic N) is 2. The number of aromatic nitrogens is 1. The lowest BCUT2D eigenvalue weighted by Gasteiger charge is -2.09. The molecule has 0 bridgehead atoms. The van der Waals surface area contributed by atoms with Crippen LogP contribution < -0.4 is 29.5 Å². The van der Waals surface area contributed by atoms with Crippen molar-refractivity contribution in [1.29, 1.82) is 5.26 Å². The summed E-state index contributed by atoms with van der Waals surface area (Å²) in [4.78, 5) is 26.6. The summed E-state index contributed by atoms with van der Waals surface area (Å²) in [6.45, 7) is 0. The smallest absolute Gasteiger partial charge is 0.273 e. The number of thiazole rings is 1. The Hall–Kier alpha value is -4.61. The number of para-hydroxylation sites is 3. The van der Waals surface area contributed by atoms with E-state index in [1.807, 2.05) is 24.3 Å². The van der Waals surface area contributed by atoms with Gasteiger partial charge in [-0.15, -0.1) is 11.3 Å². The molecule has 1 heterocycles. The predicted octanol–water partition coefficient (Wildman–Crippen LogP) is 3.06. The summed E-state index contributed by atoms with van der Waals surface area (Å²) >= 11 is 1.08. The van der Waals surface area contributed by atoms with Gasteiger partial charge in [-0.25, -0.2) is 0 Å². The molecule has 1 N–H and O–H groups in total. The van der Waals surface area contributed by atoms with Gasteiger partial charge in [-0.1, -0.05) is 42.5 Å². The van der Waals surface area contributed by atoms with Crippen molar-refractivity contribution in [3.05, 3.63) is 104 Å². The fourth-order valence-electron chi connectivity index (χ4n) is 3.44. The SMILES string of the molecule is COc1ccc(/C=c2/s/c(=C(/C#N)C(=O)Nc3ccccc3OC)n(-c3ccccc3)c2=O)cc1. The maximum absolute atomic E-state index is 13.5. The molecule has 0 saturated carbocycles. The van der Waals surface area contributed by atoms with Crippen LogP contribution in [-0.2, 0) is 4.79 Å². The van der Waals surface area contributed by atoms with E-state index in [-0.39, 0.29) is 15.8 Å². The van der Waals surface area contributed by atoms with Crippen LogP contribution in [-0.4, -0.2) is 24.7 Å². The van der Waals surface area contributed by atoms with Crippen LogP contribution in [0, 0.1) is 11.3 Å². The first-order valence-electron chi connectivity index (χ1n) is 10.6. The number of carbonyl (C=O) groups is 1. The molecule has 7 nitrogen and oxygen atoms in total. The first-order chi connectivity index (χ1) is 17.0. The molecular formula is C27H21N3O4S. The van der Waals surface area contributed by atoms with Crippen molar-refractivity contribution >= 4 is 34.6 Å². The van der Waals surface area contributed by atoms with E-state index < -0.39 is 5.91 Å². The summed E-state index contributed by atoms with van der Waals surface area (Å²) in [5.74, 6) is 0.515. The van der Waals surface area contributed by atoms with Crippen LogP contribution in [0.5, 0.6) is 11.5 Å². The number of nitrogens with one attached hydrogen (secondary N) is 1. The molecule has 0 radical (unpaired) electrons. The number of anilines is 1. The Morgan fingerprint density at radius 3 is 2.31 bits per heavy atom. The fourth-order valence-corrected chi connectivity index (χ4v) is 4.54. The molecule has 3 aromatic carbocycles. The van der Waals surface area contributed by atoms with Crippen molar-refractivity contribution in [2.75, 3.05) is 19.5 Å². The van der Waals surface area contributed by atoms with Gasteiger partial charge in [0, 0.05) is 0 Å². The summed E-state index contributed by atoms with van der Waals surface area (Å²) in [7, 11) is 3.08. The normalized spacial score (nSPS) is 12.0. The highest BCUT2D eigenvalue weighted by molar-refractivity contribution is 7.07. The number of hydrogen-bond acceptors (Lipinski definition) is 6. The fraction of sp³-hybridized carbons (Fsp3) is 0.0741. The minimum atomic E-state index is -0.640. The number of hydrogen-bond donors (Lipinski definition) is 1. The molecule has 0 aliphatic heterocycles. The van der Waals surface area contributed by atoms with Gasteiger partial charge in [0.25, 0.3) is 11.5 Å². The van der Waals surface area contributed by atoms with E-state index >= 15 is 0 Å². The molecule has 4 rings (SSSR count). The quantitative estimate of drug-likeness (QED) is 0.455. The van der Waals surface area contributed by atoms with Gasteiger partial charge in [-0.2, -0.15) is 5.26 Å². The van der Waals surface area contributed by atoms with E-state index in [2.05, 4.69) is 5.32 Å². The number of nitriles is 1. The Balaban J connectivity index is 1.92. The van der Waals surface area contributed by atoms with Gasteiger partial charge in [0.1, 0.15) is 22.2 Å². The third-order valence-corrected chi connectivity index (χ3v) is 6.25. The van der Waals surface area contributed by atoms with Gasteiger partial charge >= 0.3 is 0 Å². The maximum atomic E-state index is 13.5. The molecule has 0 fully saturated rings. The molecule has 8 heteroatoms.